The van der Waals surface area contributed by atoms with Crippen LogP contribution in [0.4, 0.5) is 19.0 Å². The summed E-state index contributed by atoms with van der Waals surface area (Å²) in [5.41, 5.74) is -0.728. The van der Waals surface area contributed by atoms with Crippen molar-refractivity contribution in [3.63, 3.8) is 0 Å². The van der Waals surface area contributed by atoms with Crippen molar-refractivity contribution in [3.05, 3.63) is 23.9 Å². The lowest BCUT2D eigenvalue weighted by atomic mass is 10.1. The summed E-state index contributed by atoms with van der Waals surface area (Å²) < 4.78 is 38.1. The first kappa shape index (κ1) is 14.3. The molecule has 0 amide bonds. The predicted molar refractivity (Wildman–Crippen MR) is 65.3 cm³/mol. The van der Waals surface area contributed by atoms with Gasteiger partial charge in [-0.05, 0) is 25.0 Å². The Balaban J connectivity index is 2.91. The van der Waals surface area contributed by atoms with Gasteiger partial charge in [0.15, 0.2) is 0 Å². The zero-order valence-electron chi connectivity index (χ0n) is 9.55. The van der Waals surface area contributed by atoms with E-state index in [4.69, 9.17) is 0 Å². The van der Waals surface area contributed by atoms with Crippen molar-refractivity contribution >= 4 is 21.7 Å². The van der Waals surface area contributed by atoms with Gasteiger partial charge in [0.1, 0.15) is 5.82 Å². The molecule has 0 aliphatic heterocycles. The molecule has 96 valence electrons. The third-order valence-electron chi connectivity index (χ3n) is 2.57. The minimum Gasteiger partial charge on any atom is -0.367 e. The molecule has 0 fully saturated rings. The van der Waals surface area contributed by atoms with Crippen LogP contribution in [0.1, 0.15) is 19.4 Å². The molecule has 1 rings (SSSR count). The summed E-state index contributed by atoms with van der Waals surface area (Å²) in [5, 5.41) is 3.52. The lowest BCUT2D eigenvalue weighted by molar-refractivity contribution is -0.137. The monoisotopic (exact) mass is 310 g/mol. The average molecular weight is 311 g/mol. The quantitative estimate of drug-likeness (QED) is 0.852. The molecule has 1 aromatic heterocycles. The predicted octanol–water partition coefficient (Wildman–Crippen LogP) is 3.93. The van der Waals surface area contributed by atoms with E-state index in [9.17, 15) is 13.2 Å². The number of pyridine rings is 1. The van der Waals surface area contributed by atoms with Gasteiger partial charge in [0, 0.05) is 17.6 Å². The molecular weight excluding hydrogens is 297 g/mol. The van der Waals surface area contributed by atoms with Crippen molar-refractivity contribution in [2.75, 3.05) is 10.6 Å². The second-order valence-electron chi connectivity index (χ2n) is 3.96. The standard InChI is InChI=1S/C11H14BrF3N2/c1-7(6-12)8(2)17-10-9(11(13,14)15)4-3-5-16-10/h3-5,7-8H,6H2,1-2H3,(H,16,17). The molecule has 0 bridgehead atoms. The largest absolute Gasteiger partial charge is 0.419 e. The summed E-state index contributed by atoms with van der Waals surface area (Å²) in [7, 11) is 0. The van der Waals surface area contributed by atoms with E-state index in [1.54, 1.807) is 0 Å². The van der Waals surface area contributed by atoms with Crippen LogP contribution in [0.2, 0.25) is 0 Å². The van der Waals surface area contributed by atoms with Crippen LogP contribution < -0.4 is 5.32 Å². The Morgan fingerprint density at radius 1 is 1.41 bits per heavy atom. The number of hydrogen-bond donors (Lipinski definition) is 1. The molecule has 0 aliphatic rings. The van der Waals surface area contributed by atoms with Crippen LogP contribution in [-0.2, 0) is 6.18 Å². The van der Waals surface area contributed by atoms with Gasteiger partial charge in [0.2, 0.25) is 0 Å². The highest BCUT2D eigenvalue weighted by molar-refractivity contribution is 9.09. The van der Waals surface area contributed by atoms with E-state index in [1.165, 1.54) is 12.3 Å². The van der Waals surface area contributed by atoms with Crippen molar-refractivity contribution in [3.8, 4) is 0 Å². The molecule has 0 aliphatic carbocycles. The van der Waals surface area contributed by atoms with Gasteiger partial charge in [-0.25, -0.2) is 4.98 Å². The van der Waals surface area contributed by atoms with Crippen LogP contribution in [0.5, 0.6) is 0 Å². The number of hydrogen-bond acceptors (Lipinski definition) is 2. The maximum atomic E-state index is 12.7. The Labute approximate surface area is 107 Å². The maximum Gasteiger partial charge on any atom is 0.419 e. The van der Waals surface area contributed by atoms with Gasteiger partial charge < -0.3 is 5.32 Å². The van der Waals surface area contributed by atoms with Gasteiger partial charge in [-0.15, -0.1) is 0 Å². The molecule has 6 heteroatoms. The fraction of sp³-hybridized carbons (Fsp3) is 0.545. The smallest absolute Gasteiger partial charge is 0.367 e. The van der Waals surface area contributed by atoms with Gasteiger partial charge in [0.25, 0.3) is 0 Å². The number of aromatic nitrogens is 1. The van der Waals surface area contributed by atoms with Gasteiger partial charge in [0.05, 0.1) is 5.56 Å². The third kappa shape index (κ3) is 3.87. The molecule has 0 saturated heterocycles. The van der Waals surface area contributed by atoms with Crippen LogP contribution >= 0.6 is 15.9 Å². The molecule has 2 unspecified atom stereocenters. The van der Waals surface area contributed by atoms with Crippen LogP contribution in [-0.4, -0.2) is 16.4 Å². The van der Waals surface area contributed by atoms with Crippen LogP contribution in [0.25, 0.3) is 0 Å². The number of nitrogens with zero attached hydrogens (tertiary/aromatic N) is 1. The minimum atomic E-state index is -4.38. The van der Waals surface area contributed by atoms with Gasteiger partial charge in [-0.3, -0.25) is 0 Å². The summed E-state index contributed by atoms with van der Waals surface area (Å²) >= 11 is 3.30. The molecular formula is C11H14BrF3N2. The number of alkyl halides is 4. The molecule has 2 atom stereocenters. The molecule has 17 heavy (non-hydrogen) atoms. The van der Waals surface area contributed by atoms with Crippen LogP contribution in [0.3, 0.4) is 0 Å². The minimum absolute atomic E-state index is 0.0922. The summed E-state index contributed by atoms with van der Waals surface area (Å²) in [6.07, 6.45) is -3.03. The maximum absolute atomic E-state index is 12.7. The van der Waals surface area contributed by atoms with Gasteiger partial charge >= 0.3 is 6.18 Å². The van der Waals surface area contributed by atoms with Crippen molar-refractivity contribution in [2.45, 2.75) is 26.1 Å². The highest BCUT2D eigenvalue weighted by atomic mass is 79.9. The van der Waals surface area contributed by atoms with E-state index in [0.717, 1.165) is 11.4 Å². The Kier molecular flexibility index (Phi) is 4.80. The van der Waals surface area contributed by atoms with E-state index in [0.29, 0.717) is 0 Å². The number of rotatable bonds is 4. The lowest BCUT2D eigenvalue weighted by Gasteiger charge is -2.22. The first-order valence-electron chi connectivity index (χ1n) is 5.21. The Morgan fingerprint density at radius 2 is 2.06 bits per heavy atom. The van der Waals surface area contributed by atoms with Crippen molar-refractivity contribution in [2.24, 2.45) is 5.92 Å². The number of anilines is 1. The normalized spacial score (nSPS) is 15.4. The first-order valence-corrected chi connectivity index (χ1v) is 6.33. The van der Waals surface area contributed by atoms with Crippen molar-refractivity contribution < 1.29 is 13.2 Å². The molecule has 1 N–H and O–H groups in total. The van der Waals surface area contributed by atoms with Gasteiger partial charge in [-0.1, -0.05) is 22.9 Å². The fourth-order valence-electron chi connectivity index (χ4n) is 1.24. The van der Waals surface area contributed by atoms with Crippen molar-refractivity contribution in [1.29, 1.82) is 0 Å². The lowest BCUT2D eigenvalue weighted by Crippen LogP contribution is -2.26. The first-order chi connectivity index (χ1) is 7.86. The highest BCUT2D eigenvalue weighted by Crippen LogP contribution is 2.33. The highest BCUT2D eigenvalue weighted by Gasteiger charge is 2.34. The molecule has 0 radical (unpaired) electrons. The fourth-order valence-corrected chi connectivity index (χ4v) is 1.80. The van der Waals surface area contributed by atoms with E-state index in [2.05, 4.69) is 26.2 Å². The third-order valence-corrected chi connectivity index (χ3v) is 3.60. The van der Waals surface area contributed by atoms with Gasteiger partial charge in [-0.2, -0.15) is 13.2 Å². The van der Waals surface area contributed by atoms with E-state index < -0.39 is 11.7 Å². The SMILES string of the molecule is CC(CBr)C(C)Nc1ncccc1C(F)(F)F. The second kappa shape index (κ2) is 5.71. The summed E-state index contributed by atoms with van der Waals surface area (Å²) in [6, 6.07) is 2.22. The number of halogens is 4. The van der Waals surface area contributed by atoms with Crippen LogP contribution in [0.15, 0.2) is 18.3 Å². The number of nitrogens with one attached hydrogen (secondary N) is 1. The van der Waals surface area contributed by atoms with Crippen LogP contribution in [0, 0.1) is 5.92 Å². The topological polar surface area (TPSA) is 24.9 Å². The summed E-state index contributed by atoms with van der Waals surface area (Å²) in [4.78, 5) is 3.76. The zero-order valence-corrected chi connectivity index (χ0v) is 11.1. The van der Waals surface area contributed by atoms with E-state index in [-0.39, 0.29) is 17.8 Å². The molecule has 2 nitrogen and oxygen atoms in total. The molecule has 1 heterocycles. The second-order valence-corrected chi connectivity index (χ2v) is 4.61. The zero-order chi connectivity index (χ0) is 13.1. The molecule has 0 spiro atoms. The Morgan fingerprint density at radius 3 is 2.59 bits per heavy atom. The molecule has 1 aromatic rings. The van der Waals surface area contributed by atoms with Crippen molar-refractivity contribution in [1.82, 2.24) is 4.98 Å². The molecule has 0 aromatic carbocycles. The average Bonchev–Trinajstić information content (AvgIpc) is 2.27. The Bertz CT molecular complexity index is 368. The van der Waals surface area contributed by atoms with E-state index in [1.807, 2.05) is 13.8 Å². The Hall–Kier alpha value is -0.780. The summed E-state index contributed by atoms with van der Waals surface area (Å²) in [5.74, 6) is 0.0957. The van der Waals surface area contributed by atoms with E-state index >= 15 is 0 Å². The summed E-state index contributed by atoms with van der Waals surface area (Å²) in [6.45, 7) is 3.78. The molecule has 0 saturated carbocycles.